The minimum atomic E-state index is -0.476. The maximum Gasteiger partial charge on any atom is 0.133 e. The average Bonchev–Trinajstić information content (AvgIpc) is 3.37. The summed E-state index contributed by atoms with van der Waals surface area (Å²) in [6, 6.07) is 59.4. The van der Waals surface area contributed by atoms with Crippen LogP contribution in [0.5, 0.6) is 11.5 Å². The predicted molar refractivity (Wildman–Crippen MR) is 230 cm³/mol. The summed E-state index contributed by atoms with van der Waals surface area (Å²) in [5, 5.41) is 3.64. The van der Waals surface area contributed by atoms with Crippen molar-refractivity contribution in [3.05, 3.63) is 221 Å². The van der Waals surface area contributed by atoms with Gasteiger partial charge in [0.15, 0.2) is 0 Å². The molecule has 2 aliphatic heterocycles. The summed E-state index contributed by atoms with van der Waals surface area (Å²) in [5.74, 6) is 3.37. The van der Waals surface area contributed by atoms with Gasteiger partial charge in [0.2, 0.25) is 0 Å². The van der Waals surface area contributed by atoms with Crippen molar-refractivity contribution >= 4 is 11.5 Å². The normalized spacial score (nSPS) is 18.2. The van der Waals surface area contributed by atoms with Gasteiger partial charge in [-0.15, -0.1) is 0 Å². The van der Waals surface area contributed by atoms with Gasteiger partial charge in [0.1, 0.15) is 23.4 Å². The highest BCUT2D eigenvalue weighted by Gasteiger charge is 2.51. The number of nitrogens with one attached hydrogen (secondary N) is 1. The first-order valence-electron chi connectivity index (χ1n) is 19.8. The van der Waals surface area contributed by atoms with Gasteiger partial charge >= 0.3 is 0 Å². The summed E-state index contributed by atoms with van der Waals surface area (Å²) in [6.45, 7) is 2.32. The van der Waals surface area contributed by atoms with Crippen LogP contribution in [0.1, 0.15) is 59.2 Å². The number of fused-ring (bicyclic) bond motifs is 10. The standard InChI is InChI=1S/C53H40N2O/c1-34-11-10-12-38(22-21-34)51-43-15-4-8-19-48(43)54-52(55-51)39-29-27-36(28-30-39)35-23-25-37(26-24-35)40-31-32-50-47(33-40)53(46-18-7-9-20-49(46)56-50)44-16-5-2-13-41(44)42-14-3-6-17-45(42)53/h2-10,12-20,22-34,51H,11,21H2,1H3,(H,54,55). The fourth-order valence-corrected chi connectivity index (χ4v) is 9.46. The summed E-state index contributed by atoms with van der Waals surface area (Å²) in [7, 11) is 0. The molecule has 0 saturated heterocycles. The number of ether oxygens (including phenoxy) is 1. The van der Waals surface area contributed by atoms with Crippen LogP contribution in [0.2, 0.25) is 0 Å². The Bertz CT molecular complexity index is 2720. The van der Waals surface area contributed by atoms with Crippen molar-refractivity contribution in [2.45, 2.75) is 31.2 Å². The van der Waals surface area contributed by atoms with Crippen LogP contribution >= 0.6 is 0 Å². The zero-order valence-electron chi connectivity index (χ0n) is 31.2. The Morgan fingerprint density at radius 3 is 1.86 bits per heavy atom. The predicted octanol–water partition coefficient (Wildman–Crippen LogP) is 13.3. The van der Waals surface area contributed by atoms with Crippen molar-refractivity contribution in [1.29, 1.82) is 0 Å². The van der Waals surface area contributed by atoms with E-state index >= 15 is 0 Å². The Labute approximate surface area is 328 Å². The molecule has 2 aliphatic carbocycles. The van der Waals surface area contributed by atoms with E-state index in [1.54, 1.807) is 0 Å². The third-order valence-corrected chi connectivity index (χ3v) is 12.2. The van der Waals surface area contributed by atoms with Gasteiger partial charge in [-0.25, -0.2) is 0 Å². The molecule has 2 unspecified atom stereocenters. The number of hydrogen-bond acceptors (Lipinski definition) is 3. The van der Waals surface area contributed by atoms with Crippen molar-refractivity contribution < 1.29 is 4.74 Å². The Kier molecular flexibility index (Phi) is 7.57. The summed E-state index contributed by atoms with van der Waals surface area (Å²) in [5.41, 5.74) is 16.4. The molecule has 0 radical (unpaired) electrons. The van der Waals surface area contributed by atoms with Crippen LogP contribution in [0.3, 0.4) is 0 Å². The zero-order chi connectivity index (χ0) is 37.2. The fourth-order valence-electron chi connectivity index (χ4n) is 9.46. The molecule has 1 spiro atoms. The van der Waals surface area contributed by atoms with Crippen LogP contribution in [-0.2, 0) is 5.41 Å². The Balaban J connectivity index is 0.927. The summed E-state index contributed by atoms with van der Waals surface area (Å²) < 4.78 is 6.66. The van der Waals surface area contributed by atoms with Gasteiger partial charge in [-0.05, 0) is 93.1 Å². The van der Waals surface area contributed by atoms with Crippen molar-refractivity contribution in [1.82, 2.24) is 0 Å². The van der Waals surface area contributed by atoms with Crippen molar-refractivity contribution in [3.8, 4) is 44.9 Å². The first-order chi connectivity index (χ1) is 27.6. The van der Waals surface area contributed by atoms with Gasteiger partial charge in [0.25, 0.3) is 0 Å². The number of para-hydroxylation sites is 2. The second kappa shape index (κ2) is 13.0. The number of nitrogens with zero attached hydrogens (tertiary/aromatic N) is 1. The van der Waals surface area contributed by atoms with Crippen LogP contribution in [0.25, 0.3) is 33.4 Å². The van der Waals surface area contributed by atoms with Crippen LogP contribution in [0, 0.1) is 5.92 Å². The maximum atomic E-state index is 6.66. The largest absolute Gasteiger partial charge is 0.457 e. The first kappa shape index (κ1) is 32.7. The van der Waals surface area contributed by atoms with E-state index in [0.29, 0.717) is 5.92 Å². The number of anilines is 1. The zero-order valence-corrected chi connectivity index (χ0v) is 31.2. The third kappa shape index (κ3) is 5.08. The molecule has 268 valence electrons. The van der Waals surface area contributed by atoms with Gasteiger partial charge in [-0.3, -0.25) is 4.99 Å². The van der Waals surface area contributed by atoms with Crippen LogP contribution in [0.4, 0.5) is 5.69 Å². The fraction of sp³-hybridized carbons (Fsp3) is 0.113. The smallest absolute Gasteiger partial charge is 0.133 e. The van der Waals surface area contributed by atoms with Crippen LogP contribution in [-0.4, -0.2) is 5.84 Å². The van der Waals surface area contributed by atoms with Crippen molar-refractivity contribution in [3.63, 3.8) is 0 Å². The number of aliphatic imine (C=N–C) groups is 1. The molecule has 0 saturated carbocycles. The maximum absolute atomic E-state index is 6.66. The number of hydrogen-bond donors (Lipinski definition) is 1. The molecular weight excluding hydrogens is 681 g/mol. The molecule has 56 heavy (non-hydrogen) atoms. The highest BCUT2D eigenvalue weighted by atomic mass is 16.5. The lowest BCUT2D eigenvalue weighted by molar-refractivity contribution is 0.436. The quantitative estimate of drug-likeness (QED) is 0.196. The van der Waals surface area contributed by atoms with E-state index in [2.05, 4.69) is 194 Å². The van der Waals surface area contributed by atoms with Crippen molar-refractivity contribution in [2.24, 2.45) is 10.9 Å². The van der Waals surface area contributed by atoms with Gasteiger partial charge in [0, 0.05) is 27.9 Å². The summed E-state index contributed by atoms with van der Waals surface area (Å²) in [4.78, 5) is 5.30. The molecule has 7 aromatic rings. The van der Waals surface area contributed by atoms with Gasteiger partial charge in [-0.1, -0.05) is 165 Å². The van der Waals surface area contributed by atoms with E-state index in [-0.39, 0.29) is 6.04 Å². The summed E-state index contributed by atoms with van der Waals surface area (Å²) >= 11 is 0. The molecular formula is C53H40N2O. The second-order valence-electron chi connectivity index (χ2n) is 15.6. The van der Waals surface area contributed by atoms with E-state index in [1.807, 2.05) is 0 Å². The minimum Gasteiger partial charge on any atom is -0.457 e. The molecule has 3 heteroatoms. The van der Waals surface area contributed by atoms with E-state index in [1.165, 1.54) is 66.8 Å². The second-order valence-corrected chi connectivity index (χ2v) is 15.6. The Morgan fingerprint density at radius 2 is 1.12 bits per heavy atom. The van der Waals surface area contributed by atoms with Crippen molar-refractivity contribution in [2.75, 3.05) is 5.32 Å². The van der Waals surface area contributed by atoms with Gasteiger partial charge < -0.3 is 10.1 Å². The molecule has 0 amide bonds. The monoisotopic (exact) mass is 720 g/mol. The lowest BCUT2D eigenvalue weighted by Gasteiger charge is -2.39. The molecule has 0 bridgehead atoms. The molecule has 3 nitrogen and oxygen atoms in total. The molecule has 7 aromatic carbocycles. The van der Waals surface area contributed by atoms with E-state index in [0.717, 1.165) is 41.4 Å². The highest BCUT2D eigenvalue weighted by Crippen LogP contribution is 2.62. The number of rotatable bonds is 4. The molecule has 2 atom stereocenters. The van der Waals surface area contributed by atoms with Gasteiger partial charge in [0.05, 0.1) is 5.41 Å². The van der Waals surface area contributed by atoms with Crippen LogP contribution < -0.4 is 10.1 Å². The third-order valence-electron chi connectivity index (χ3n) is 12.2. The molecule has 0 aromatic heterocycles. The Hall–Kier alpha value is -6.71. The topological polar surface area (TPSA) is 33.6 Å². The lowest BCUT2D eigenvalue weighted by atomic mass is 9.66. The van der Waals surface area contributed by atoms with E-state index < -0.39 is 5.41 Å². The SMILES string of the molecule is CC1CC=CC(C2N=C(c3ccc(-c4ccc(-c5ccc6c(c5)C5(c7ccccc7O6)c6ccccc6-c6ccccc65)cc4)cc3)Nc3ccccc32)=CC1. The van der Waals surface area contributed by atoms with E-state index in [4.69, 9.17) is 9.73 Å². The van der Waals surface area contributed by atoms with E-state index in [9.17, 15) is 0 Å². The minimum absolute atomic E-state index is 0.0193. The molecule has 2 heterocycles. The molecule has 11 rings (SSSR count). The molecule has 0 fully saturated rings. The average molecular weight is 721 g/mol. The number of amidine groups is 1. The first-order valence-corrected chi connectivity index (χ1v) is 19.8. The van der Waals surface area contributed by atoms with Crippen LogP contribution in [0.15, 0.2) is 193 Å². The number of benzene rings is 7. The highest BCUT2D eigenvalue weighted by molar-refractivity contribution is 6.10. The molecule has 4 aliphatic rings. The Morgan fingerprint density at radius 1 is 0.554 bits per heavy atom. The molecule has 1 N–H and O–H groups in total. The number of allylic oxidation sites excluding steroid dienone is 2. The summed E-state index contributed by atoms with van der Waals surface area (Å²) in [6.07, 6.45) is 9.16. The lowest BCUT2D eigenvalue weighted by Crippen LogP contribution is -2.32. The van der Waals surface area contributed by atoms with Gasteiger partial charge in [-0.2, -0.15) is 0 Å².